The van der Waals surface area contributed by atoms with Crippen LogP contribution >= 0.6 is 10.2 Å². The van der Waals surface area contributed by atoms with Crippen LogP contribution in [0.2, 0.25) is 0 Å². The first kappa shape index (κ1) is 12.5. The Hall–Kier alpha value is -1.58. The minimum atomic E-state index is -9.82. The van der Waals surface area contributed by atoms with Crippen LogP contribution in [0.4, 0.5) is 30.8 Å². The Morgan fingerprint density at radius 3 is 1.44 bits per heavy atom. The Balaban J connectivity index is 3.60. The number of rotatable bonds is 3. The van der Waals surface area contributed by atoms with Crippen LogP contribution in [0.5, 0.6) is 0 Å². The summed E-state index contributed by atoms with van der Waals surface area (Å²) in [5, 5.41) is 5.22. The van der Waals surface area contributed by atoms with Crippen molar-refractivity contribution in [2.24, 2.45) is 10.2 Å². The monoisotopic (exact) mass is 260 g/mol. The fraction of sp³-hybridized carbons (Fsp3) is 0. The van der Waals surface area contributed by atoms with Crippen LogP contribution in [0.3, 0.4) is 0 Å². The molecule has 0 bridgehead atoms. The molecule has 0 fully saturated rings. The fourth-order valence-corrected chi connectivity index (χ4v) is 1.61. The van der Waals surface area contributed by atoms with Crippen LogP contribution in [-0.2, 0) is 0 Å². The average molecular weight is 260 g/mol. The summed E-state index contributed by atoms with van der Waals surface area (Å²) in [6, 6.07) is 0.902. The van der Waals surface area contributed by atoms with Crippen molar-refractivity contribution in [2.45, 2.75) is 4.90 Å². The lowest BCUT2D eigenvalue weighted by Crippen LogP contribution is -2.05. The number of hydrogen-bond acceptors (Lipinski definition) is 4. The van der Waals surface area contributed by atoms with Gasteiger partial charge < -0.3 is 0 Å². The molecule has 10 heteroatoms. The minimum Gasteiger partial charge on any atom is -0.204 e. The molecule has 2 N–H and O–H groups in total. The van der Waals surface area contributed by atoms with Crippen molar-refractivity contribution in [2.75, 3.05) is 0 Å². The van der Waals surface area contributed by atoms with Crippen LogP contribution in [0.15, 0.2) is 33.3 Å². The summed E-state index contributed by atoms with van der Waals surface area (Å²) in [6.07, 6.45) is 0. The van der Waals surface area contributed by atoms with Gasteiger partial charge in [0.1, 0.15) is 4.90 Å². The molecule has 0 amide bonds. The van der Waals surface area contributed by atoms with E-state index in [2.05, 4.69) is 10.2 Å². The molecule has 1 rings (SSSR count). The molecule has 1 aromatic rings. The van der Waals surface area contributed by atoms with Crippen molar-refractivity contribution in [3.8, 4) is 0 Å². The van der Waals surface area contributed by atoms with Crippen molar-refractivity contribution < 1.29 is 19.4 Å². The highest BCUT2D eigenvalue weighted by atomic mass is 32.5. The fourth-order valence-electron chi connectivity index (χ4n) is 0.920. The molecule has 16 heavy (non-hydrogen) atoms. The standard InChI is InChI=1S/C6H5F5N4S/c7-16(8,9,10,11)6-2-4(14-12)1-5(3-6)15-13/h1-3,12-13H. The maximum atomic E-state index is 12.4. The second-order valence-electron chi connectivity index (χ2n) is 2.88. The van der Waals surface area contributed by atoms with Crippen LogP contribution in [0.25, 0.3) is 0 Å². The lowest BCUT2D eigenvalue weighted by atomic mass is 10.3. The van der Waals surface area contributed by atoms with Gasteiger partial charge in [-0.25, -0.2) is 11.1 Å². The third-order valence-electron chi connectivity index (χ3n) is 1.58. The smallest absolute Gasteiger partial charge is 0.204 e. The average Bonchev–Trinajstić information content (AvgIpc) is 2.13. The van der Waals surface area contributed by atoms with E-state index in [0.29, 0.717) is 0 Å². The third-order valence-corrected chi connectivity index (χ3v) is 2.71. The molecule has 0 saturated heterocycles. The summed E-state index contributed by atoms with van der Waals surface area (Å²) in [4.78, 5) is -2.21. The van der Waals surface area contributed by atoms with Gasteiger partial charge in [0.25, 0.3) is 0 Å². The van der Waals surface area contributed by atoms with Crippen molar-refractivity contribution in [1.82, 2.24) is 0 Å². The maximum Gasteiger partial charge on any atom is 0.310 e. The van der Waals surface area contributed by atoms with E-state index in [1.807, 2.05) is 0 Å². The lowest BCUT2D eigenvalue weighted by molar-refractivity contribution is 0.364. The molecular formula is C6H5F5N4S. The number of nitrogens with one attached hydrogen (secondary N) is 2. The van der Waals surface area contributed by atoms with E-state index in [1.54, 1.807) is 0 Å². The van der Waals surface area contributed by atoms with Gasteiger partial charge in [-0.15, -0.1) is 0 Å². The molecule has 0 saturated carbocycles. The number of benzene rings is 1. The quantitative estimate of drug-likeness (QED) is 0.519. The minimum absolute atomic E-state index is 0.0449. The van der Waals surface area contributed by atoms with Crippen LogP contribution < -0.4 is 0 Å². The summed E-state index contributed by atoms with van der Waals surface area (Å²) in [5.74, 6) is 0. The van der Waals surface area contributed by atoms with Gasteiger partial charge in [-0.1, -0.05) is 19.4 Å². The zero-order valence-electron chi connectivity index (χ0n) is 7.42. The van der Waals surface area contributed by atoms with E-state index in [4.69, 9.17) is 11.1 Å². The molecule has 0 atom stereocenters. The van der Waals surface area contributed by atoms with Crippen molar-refractivity contribution in [3.05, 3.63) is 18.2 Å². The summed E-state index contributed by atoms with van der Waals surface area (Å²) in [7, 11) is -9.82. The van der Waals surface area contributed by atoms with Gasteiger partial charge in [-0.3, -0.25) is 0 Å². The normalized spacial score (nSPS) is 16.1. The van der Waals surface area contributed by atoms with Gasteiger partial charge in [0.2, 0.25) is 0 Å². The Labute approximate surface area is 86.2 Å². The first-order chi connectivity index (χ1) is 6.96. The highest BCUT2D eigenvalue weighted by Crippen LogP contribution is 3.02. The van der Waals surface area contributed by atoms with E-state index in [0.717, 1.165) is 6.07 Å². The van der Waals surface area contributed by atoms with E-state index in [1.165, 1.54) is 0 Å². The number of hydrogen-bond donors (Lipinski definition) is 2. The highest BCUT2D eigenvalue weighted by Gasteiger charge is 2.65. The van der Waals surface area contributed by atoms with Gasteiger partial charge >= 0.3 is 10.2 Å². The molecule has 0 unspecified atom stereocenters. The predicted molar refractivity (Wildman–Crippen MR) is 47.5 cm³/mol. The third kappa shape index (κ3) is 2.72. The van der Waals surface area contributed by atoms with Gasteiger partial charge in [0.05, 0.1) is 11.4 Å². The Bertz CT molecular complexity index is 441. The molecule has 4 nitrogen and oxygen atoms in total. The molecule has 1 aromatic carbocycles. The van der Waals surface area contributed by atoms with E-state index in [9.17, 15) is 19.4 Å². The zero-order chi connectivity index (χ0) is 12.7. The van der Waals surface area contributed by atoms with Gasteiger partial charge in [-0.05, 0) is 18.2 Å². The Kier molecular flexibility index (Phi) is 2.15. The van der Waals surface area contributed by atoms with Crippen molar-refractivity contribution >= 4 is 21.6 Å². The van der Waals surface area contributed by atoms with E-state index >= 15 is 0 Å². The predicted octanol–water partition coefficient (Wildman–Crippen LogP) is 5.67. The molecule has 0 heterocycles. The SMILES string of the molecule is N=Nc1cc(N=N)cc(S(F)(F)(F)(F)F)c1. The zero-order valence-corrected chi connectivity index (χ0v) is 8.24. The Morgan fingerprint density at radius 2 is 1.19 bits per heavy atom. The molecule has 0 aliphatic heterocycles. The number of nitrogens with zero attached hydrogens (tertiary/aromatic N) is 2. The van der Waals surface area contributed by atoms with Gasteiger partial charge in [0.15, 0.2) is 0 Å². The first-order valence-electron chi connectivity index (χ1n) is 3.60. The van der Waals surface area contributed by atoms with E-state index < -0.39 is 26.5 Å². The molecule has 0 spiro atoms. The number of halogens is 5. The second kappa shape index (κ2) is 2.75. The van der Waals surface area contributed by atoms with Gasteiger partial charge in [-0.2, -0.15) is 10.2 Å². The molecule has 0 aliphatic carbocycles. The molecule has 0 aromatic heterocycles. The maximum absolute atomic E-state index is 12.4. The highest BCUT2D eigenvalue weighted by molar-refractivity contribution is 8.45. The first-order valence-corrected chi connectivity index (χ1v) is 5.55. The second-order valence-corrected chi connectivity index (χ2v) is 5.29. The molecule has 0 radical (unpaired) electrons. The summed E-state index contributed by atoms with van der Waals surface area (Å²) < 4.78 is 61.9. The van der Waals surface area contributed by atoms with Crippen molar-refractivity contribution in [3.63, 3.8) is 0 Å². The van der Waals surface area contributed by atoms with E-state index in [-0.39, 0.29) is 12.1 Å². The summed E-state index contributed by atoms with van der Waals surface area (Å²) in [6.45, 7) is 0. The van der Waals surface area contributed by atoms with Crippen LogP contribution in [-0.4, -0.2) is 0 Å². The van der Waals surface area contributed by atoms with Crippen LogP contribution in [0, 0.1) is 11.1 Å². The molecule has 0 aliphatic rings. The summed E-state index contributed by atoms with van der Waals surface area (Å²) in [5.41, 5.74) is 11.6. The van der Waals surface area contributed by atoms with Crippen LogP contribution in [0.1, 0.15) is 0 Å². The van der Waals surface area contributed by atoms with Crippen molar-refractivity contribution in [1.29, 1.82) is 11.1 Å². The Morgan fingerprint density at radius 1 is 0.812 bits per heavy atom. The molecular weight excluding hydrogens is 255 g/mol. The topological polar surface area (TPSA) is 72.4 Å². The van der Waals surface area contributed by atoms with Gasteiger partial charge in [0, 0.05) is 0 Å². The summed E-state index contributed by atoms with van der Waals surface area (Å²) >= 11 is 0. The molecule has 90 valence electrons. The largest absolute Gasteiger partial charge is 0.310 e. The lowest BCUT2D eigenvalue weighted by Gasteiger charge is -2.40.